The monoisotopic (exact) mass is 314 g/mol. The Morgan fingerprint density at radius 3 is 2.71 bits per heavy atom. The summed E-state index contributed by atoms with van der Waals surface area (Å²) in [5.41, 5.74) is -0.617. The Labute approximate surface area is 130 Å². The molecule has 1 spiro atoms. The summed E-state index contributed by atoms with van der Waals surface area (Å²) in [5, 5.41) is 0. The van der Waals surface area contributed by atoms with Crippen molar-refractivity contribution in [1.82, 2.24) is 0 Å². The summed E-state index contributed by atoms with van der Waals surface area (Å²) in [5.74, 6) is 0.757. The first-order valence-electron chi connectivity index (χ1n) is 7.81. The van der Waals surface area contributed by atoms with Crippen molar-refractivity contribution in [3.63, 3.8) is 0 Å². The summed E-state index contributed by atoms with van der Waals surface area (Å²) in [4.78, 5) is 23.7. The standard InChI is InChI=1S/C16H23ClO4/c1-15(2)9-16(14(19)21-15)6-10-3-4-12(16)5-11(10)8-20-13(18)7-17/h10-12H,3-9H2,1-2H3. The molecule has 118 valence electrons. The molecule has 5 heteroatoms. The van der Waals surface area contributed by atoms with E-state index in [2.05, 4.69) is 0 Å². The number of alkyl halides is 1. The third-order valence-electron chi connectivity index (χ3n) is 5.63. The zero-order chi connectivity index (χ0) is 15.3. The highest BCUT2D eigenvalue weighted by molar-refractivity contribution is 6.26. The van der Waals surface area contributed by atoms with Gasteiger partial charge in [-0.1, -0.05) is 0 Å². The first-order valence-corrected chi connectivity index (χ1v) is 8.35. The number of carbonyl (C=O) groups is 2. The molecule has 4 nitrogen and oxygen atoms in total. The van der Waals surface area contributed by atoms with E-state index in [0.29, 0.717) is 24.4 Å². The van der Waals surface area contributed by atoms with E-state index in [4.69, 9.17) is 21.1 Å². The fraction of sp³-hybridized carbons (Fsp3) is 0.875. The summed E-state index contributed by atoms with van der Waals surface area (Å²) in [6, 6.07) is 0. The number of esters is 2. The fourth-order valence-electron chi connectivity index (χ4n) is 4.86. The molecule has 4 unspecified atom stereocenters. The molecule has 3 saturated carbocycles. The summed E-state index contributed by atoms with van der Waals surface area (Å²) < 4.78 is 10.8. The van der Waals surface area contributed by atoms with Gasteiger partial charge in [0.05, 0.1) is 12.0 Å². The third kappa shape index (κ3) is 2.56. The van der Waals surface area contributed by atoms with E-state index in [-0.39, 0.29) is 28.8 Å². The normalized spacial score (nSPS) is 40.3. The second-order valence-electron chi connectivity index (χ2n) is 7.53. The lowest BCUT2D eigenvalue weighted by molar-refractivity contribution is -0.163. The largest absolute Gasteiger partial charge is 0.464 e. The Kier molecular flexibility index (Phi) is 3.71. The summed E-state index contributed by atoms with van der Waals surface area (Å²) in [7, 11) is 0. The SMILES string of the molecule is CC1(C)CC2(CC3CCC2CC3COC(=O)CCl)C(=O)O1. The molecule has 1 saturated heterocycles. The Balaban J connectivity index is 1.70. The predicted molar refractivity (Wildman–Crippen MR) is 77.8 cm³/mol. The first kappa shape index (κ1) is 15.1. The second kappa shape index (κ2) is 5.15. The number of rotatable bonds is 3. The molecule has 1 heterocycles. The Morgan fingerprint density at radius 2 is 2.19 bits per heavy atom. The van der Waals surface area contributed by atoms with Crippen LogP contribution >= 0.6 is 11.6 Å². The van der Waals surface area contributed by atoms with Crippen molar-refractivity contribution < 1.29 is 19.1 Å². The molecular weight excluding hydrogens is 292 g/mol. The molecule has 4 atom stereocenters. The third-order valence-corrected chi connectivity index (χ3v) is 5.85. The molecular formula is C16H23ClO4. The average molecular weight is 315 g/mol. The van der Waals surface area contributed by atoms with Gasteiger partial charge in [-0.05, 0) is 57.3 Å². The van der Waals surface area contributed by atoms with Crippen LogP contribution in [0.2, 0.25) is 0 Å². The Morgan fingerprint density at radius 1 is 1.43 bits per heavy atom. The van der Waals surface area contributed by atoms with Gasteiger partial charge in [0, 0.05) is 6.42 Å². The van der Waals surface area contributed by atoms with Crippen molar-refractivity contribution in [2.45, 2.75) is 51.6 Å². The highest BCUT2D eigenvalue weighted by atomic mass is 35.5. The number of carbonyl (C=O) groups excluding carboxylic acids is 2. The minimum Gasteiger partial charge on any atom is -0.464 e. The summed E-state index contributed by atoms with van der Waals surface area (Å²) in [6.07, 6.45) is 4.90. The quantitative estimate of drug-likeness (QED) is 0.593. The van der Waals surface area contributed by atoms with E-state index < -0.39 is 0 Å². The zero-order valence-electron chi connectivity index (χ0n) is 12.7. The van der Waals surface area contributed by atoms with Crippen LogP contribution in [-0.2, 0) is 19.1 Å². The van der Waals surface area contributed by atoms with Gasteiger partial charge < -0.3 is 9.47 Å². The van der Waals surface area contributed by atoms with Crippen molar-refractivity contribution in [2.24, 2.45) is 23.2 Å². The number of halogens is 1. The molecule has 0 amide bonds. The van der Waals surface area contributed by atoms with Crippen molar-refractivity contribution in [3.05, 3.63) is 0 Å². The Bertz CT molecular complexity index is 461. The Hall–Kier alpha value is -0.770. The molecule has 3 aliphatic carbocycles. The van der Waals surface area contributed by atoms with Gasteiger partial charge in [0.15, 0.2) is 0 Å². The van der Waals surface area contributed by atoms with Crippen LogP contribution in [0.3, 0.4) is 0 Å². The molecule has 1 aliphatic heterocycles. The lowest BCUT2D eigenvalue weighted by Gasteiger charge is -2.51. The van der Waals surface area contributed by atoms with Gasteiger partial charge in [0.1, 0.15) is 11.5 Å². The number of ether oxygens (including phenoxy) is 2. The number of cyclic esters (lactones) is 1. The van der Waals surface area contributed by atoms with Gasteiger partial charge in [-0.15, -0.1) is 11.6 Å². The van der Waals surface area contributed by atoms with Crippen molar-refractivity contribution in [2.75, 3.05) is 12.5 Å². The molecule has 0 aromatic carbocycles. The molecule has 4 aliphatic rings. The summed E-state index contributed by atoms with van der Waals surface area (Å²) >= 11 is 5.46. The average Bonchev–Trinajstić information content (AvgIpc) is 2.66. The van der Waals surface area contributed by atoms with E-state index in [1.165, 1.54) is 0 Å². The molecule has 0 aromatic rings. The van der Waals surface area contributed by atoms with Gasteiger partial charge in [0.2, 0.25) is 0 Å². The van der Waals surface area contributed by atoms with Gasteiger partial charge in [-0.3, -0.25) is 9.59 Å². The van der Waals surface area contributed by atoms with Gasteiger partial charge in [-0.25, -0.2) is 0 Å². The minimum atomic E-state index is -0.353. The smallest absolute Gasteiger partial charge is 0.320 e. The maximum absolute atomic E-state index is 12.5. The summed E-state index contributed by atoms with van der Waals surface area (Å²) in [6.45, 7) is 4.45. The van der Waals surface area contributed by atoms with Crippen LogP contribution in [0.15, 0.2) is 0 Å². The molecule has 0 aromatic heterocycles. The number of hydrogen-bond donors (Lipinski definition) is 0. The fourth-order valence-corrected chi connectivity index (χ4v) is 4.94. The molecule has 4 fully saturated rings. The van der Waals surface area contributed by atoms with Crippen LogP contribution in [0, 0.1) is 23.2 Å². The lowest BCUT2D eigenvalue weighted by Crippen LogP contribution is -2.49. The van der Waals surface area contributed by atoms with Crippen LogP contribution in [0.4, 0.5) is 0 Å². The van der Waals surface area contributed by atoms with Crippen LogP contribution in [0.1, 0.15) is 46.0 Å². The minimum absolute atomic E-state index is 0.00148. The van der Waals surface area contributed by atoms with Gasteiger partial charge in [-0.2, -0.15) is 0 Å². The molecule has 21 heavy (non-hydrogen) atoms. The van der Waals surface area contributed by atoms with E-state index >= 15 is 0 Å². The second-order valence-corrected chi connectivity index (χ2v) is 7.80. The number of fused-ring (bicyclic) bond motifs is 2. The van der Waals surface area contributed by atoms with Crippen molar-refractivity contribution >= 4 is 23.5 Å². The van der Waals surface area contributed by atoms with E-state index in [1.807, 2.05) is 13.8 Å². The van der Waals surface area contributed by atoms with Gasteiger partial charge in [0.25, 0.3) is 0 Å². The van der Waals surface area contributed by atoms with E-state index in [0.717, 1.165) is 32.1 Å². The predicted octanol–water partition coefficient (Wildman–Crippen LogP) is 2.92. The molecule has 4 rings (SSSR count). The molecule has 0 N–H and O–H groups in total. The van der Waals surface area contributed by atoms with Crippen LogP contribution in [0.25, 0.3) is 0 Å². The van der Waals surface area contributed by atoms with E-state index in [1.54, 1.807) is 0 Å². The molecule has 2 bridgehead atoms. The zero-order valence-corrected chi connectivity index (χ0v) is 13.4. The van der Waals surface area contributed by atoms with Crippen LogP contribution in [-0.4, -0.2) is 30.0 Å². The van der Waals surface area contributed by atoms with Crippen LogP contribution in [0.5, 0.6) is 0 Å². The first-order chi connectivity index (χ1) is 9.86. The maximum atomic E-state index is 12.5. The highest BCUT2D eigenvalue weighted by Gasteiger charge is 2.62. The van der Waals surface area contributed by atoms with Crippen LogP contribution < -0.4 is 0 Å². The lowest BCUT2D eigenvalue weighted by atomic mass is 9.51. The van der Waals surface area contributed by atoms with E-state index in [9.17, 15) is 9.59 Å². The number of hydrogen-bond acceptors (Lipinski definition) is 4. The van der Waals surface area contributed by atoms with Crippen molar-refractivity contribution in [3.8, 4) is 0 Å². The maximum Gasteiger partial charge on any atom is 0.320 e. The van der Waals surface area contributed by atoms with Gasteiger partial charge >= 0.3 is 11.9 Å². The topological polar surface area (TPSA) is 52.6 Å². The molecule has 0 radical (unpaired) electrons. The van der Waals surface area contributed by atoms with Crippen molar-refractivity contribution in [1.29, 1.82) is 0 Å². The highest BCUT2D eigenvalue weighted by Crippen LogP contribution is 2.61.